The summed E-state index contributed by atoms with van der Waals surface area (Å²) in [6, 6.07) is 1.64. The molecule has 0 spiro atoms. The number of rotatable bonds is 3. The van der Waals surface area contributed by atoms with Crippen LogP contribution in [0.5, 0.6) is 5.75 Å². The van der Waals surface area contributed by atoms with Gasteiger partial charge in [0.15, 0.2) is 5.78 Å². The lowest BCUT2D eigenvalue weighted by Crippen LogP contribution is -2.03. The molecule has 4 heteroatoms. The van der Waals surface area contributed by atoms with Crippen LogP contribution in [0, 0.1) is 0 Å². The van der Waals surface area contributed by atoms with E-state index in [0.29, 0.717) is 16.6 Å². The molecule has 1 aromatic heterocycles. The molecule has 0 aliphatic carbocycles. The monoisotopic (exact) mass is 229 g/mol. The lowest BCUT2D eigenvalue weighted by molar-refractivity contribution is 0.102. The minimum absolute atomic E-state index is 0.00532. The van der Waals surface area contributed by atoms with Crippen molar-refractivity contribution in [1.82, 2.24) is 4.98 Å². The molecule has 0 saturated carbocycles. The fourth-order valence-corrected chi connectivity index (χ4v) is 1.15. The van der Waals surface area contributed by atoms with E-state index >= 15 is 0 Å². The summed E-state index contributed by atoms with van der Waals surface area (Å²) < 4.78 is 4.96. The van der Waals surface area contributed by atoms with Crippen LogP contribution in [0.2, 0.25) is 0 Å². The topological polar surface area (TPSA) is 39.2 Å². The minimum atomic E-state index is -0.00532. The van der Waals surface area contributed by atoms with Crippen LogP contribution in [0.15, 0.2) is 18.5 Å². The predicted molar refractivity (Wildman–Crippen MR) is 48.9 cm³/mol. The van der Waals surface area contributed by atoms with Crippen molar-refractivity contribution in [2.75, 3.05) is 12.4 Å². The third-order valence-corrected chi connectivity index (χ3v) is 1.94. The summed E-state index contributed by atoms with van der Waals surface area (Å²) in [5, 5.41) is 0.299. The molecular weight excluding hydrogens is 222 g/mol. The zero-order chi connectivity index (χ0) is 8.97. The van der Waals surface area contributed by atoms with Gasteiger partial charge in [-0.05, 0) is 6.07 Å². The highest BCUT2D eigenvalue weighted by Gasteiger charge is 2.09. The van der Waals surface area contributed by atoms with Crippen LogP contribution < -0.4 is 4.74 Å². The van der Waals surface area contributed by atoms with Crippen LogP contribution in [0.1, 0.15) is 10.4 Å². The summed E-state index contributed by atoms with van der Waals surface area (Å²) in [6.07, 6.45) is 3.09. The van der Waals surface area contributed by atoms with Crippen molar-refractivity contribution in [2.24, 2.45) is 0 Å². The van der Waals surface area contributed by atoms with Gasteiger partial charge < -0.3 is 4.74 Å². The maximum atomic E-state index is 11.2. The van der Waals surface area contributed by atoms with Gasteiger partial charge in [0.05, 0.1) is 24.2 Å². The lowest BCUT2D eigenvalue weighted by atomic mass is 10.2. The molecule has 0 saturated heterocycles. The van der Waals surface area contributed by atoms with Gasteiger partial charge in [0.25, 0.3) is 0 Å². The maximum Gasteiger partial charge on any atom is 0.177 e. The summed E-state index contributed by atoms with van der Waals surface area (Å²) in [5.74, 6) is 0.510. The van der Waals surface area contributed by atoms with Gasteiger partial charge in [0, 0.05) is 6.20 Å². The molecule has 1 rings (SSSR count). The van der Waals surface area contributed by atoms with E-state index in [1.165, 1.54) is 13.3 Å². The molecule has 0 radical (unpaired) electrons. The zero-order valence-electron chi connectivity index (χ0n) is 6.58. The van der Waals surface area contributed by atoms with Crippen LogP contribution in [0.4, 0.5) is 0 Å². The lowest BCUT2D eigenvalue weighted by Gasteiger charge is -2.03. The summed E-state index contributed by atoms with van der Waals surface area (Å²) in [5.41, 5.74) is 0.560. The Balaban J connectivity index is 3.04. The Morgan fingerprint density at radius 1 is 1.75 bits per heavy atom. The van der Waals surface area contributed by atoms with Gasteiger partial charge in [0.2, 0.25) is 0 Å². The standard InChI is InChI=1S/C8H8BrNO2/c1-12-8-5-10-3-2-6(8)7(11)4-9/h2-3,5H,4H2,1H3. The normalized spacial score (nSPS) is 9.50. The van der Waals surface area contributed by atoms with Crippen LogP contribution in [-0.2, 0) is 0 Å². The molecular formula is C8H8BrNO2. The number of carbonyl (C=O) groups excluding carboxylic acids is 1. The number of hydrogen-bond donors (Lipinski definition) is 0. The van der Waals surface area contributed by atoms with E-state index in [1.54, 1.807) is 12.3 Å². The number of alkyl halides is 1. The molecule has 0 aliphatic rings. The summed E-state index contributed by atoms with van der Waals surface area (Å²) in [6.45, 7) is 0. The largest absolute Gasteiger partial charge is 0.494 e. The number of Topliss-reactive ketones (excluding diaryl/α,β-unsaturated/α-hetero) is 1. The second kappa shape index (κ2) is 4.21. The van der Waals surface area contributed by atoms with E-state index in [9.17, 15) is 4.79 Å². The molecule has 1 aromatic rings. The summed E-state index contributed by atoms with van der Waals surface area (Å²) in [7, 11) is 1.52. The first kappa shape index (κ1) is 9.19. The fourth-order valence-electron chi connectivity index (χ4n) is 0.845. The predicted octanol–water partition coefficient (Wildman–Crippen LogP) is 1.67. The SMILES string of the molecule is COc1cnccc1C(=O)CBr. The molecule has 0 atom stereocenters. The van der Waals surface area contributed by atoms with Crippen molar-refractivity contribution in [3.8, 4) is 5.75 Å². The smallest absolute Gasteiger partial charge is 0.177 e. The molecule has 3 nitrogen and oxygen atoms in total. The number of carbonyl (C=O) groups is 1. The van der Waals surface area contributed by atoms with Gasteiger partial charge in [-0.15, -0.1) is 0 Å². The number of ketones is 1. The second-order valence-corrected chi connectivity index (χ2v) is 2.69. The van der Waals surface area contributed by atoms with Gasteiger partial charge in [-0.25, -0.2) is 0 Å². The summed E-state index contributed by atoms with van der Waals surface area (Å²) >= 11 is 3.09. The molecule has 0 aliphatic heterocycles. The Hall–Kier alpha value is -0.900. The first-order chi connectivity index (χ1) is 5.79. The molecule has 64 valence electrons. The van der Waals surface area contributed by atoms with Crippen molar-refractivity contribution in [3.63, 3.8) is 0 Å². The van der Waals surface area contributed by atoms with Crippen molar-refractivity contribution in [3.05, 3.63) is 24.0 Å². The molecule has 0 N–H and O–H groups in total. The highest BCUT2D eigenvalue weighted by Crippen LogP contribution is 2.16. The average molecular weight is 230 g/mol. The molecule has 0 aromatic carbocycles. The van der Waals surface area contributed by atoms with E-state index in [4.69, 9.17) is 4.74 Å². The van der Waals surface area contributed by atoms with E-state index in [2.05, 4.69) is 20.9 Å². The molecule has 0 bridgehead atoms. The minimum Gasteiger partial charge on any atom is -0.494 e. The van der Waals surface area contributed by atoms with E-state index in [0.717, 1.165) is 0 Å². The zero-order valence-corrected chi connectivity index (χ0v) is 8.17. The Morgan fingerprint density at radius 3 is 3.08 bits per heavy atom. The molecule has 0 fully saturated rings. The quantitative estimate of drug-likeness (QED) is 0.585. The number of halogens is 1. The van der Waals surface area contributed by atoms with Crippen LogP contribution in [0.25, 0.3) is 0 Å². The van der Waals surface area contributed by atoms with Crippen molar-refractivity contribution >= 4 is 21.7 Å². The van der Waals surface area contributed by atoms with Crippen LogP contribution in [0.3, 0.4) is 0 Å². The van der Waals surface area contributed by atoms with Gasteiger partial charge in [-0.3, -0.25) is 9.78 Å². The molecule has 0 amide bonds. The third kappa shape index (κ3) is 1.82. The molecule has 1 heterocycles. The highest BCUT2D eigenvalue weighted by molar-refractivity contribution is 9.09. The number of aromatic nitrogens is 1. The van der Waals surface area contributed by atoms with Crippen molar-refractivity contribution < 1.29 is 9.53 Å². The average Bonchev–Trinajstić information content (AvgIpc) is 2.16. The highest BCUT2D eigenvalue weighted by atomic mass is 79.9. The Kier molecular flexibility index (Phi) is 3.22. The van der Waals surface area contributed by atoms with E-state index < -0.39 is 0 Å². The van der Waals surface area contributed by atoms with Crippen molar-refractivity contribution in [2.45, 2.75) is 0 Å². The van der Waals surface area contributed by atoms with Crippen LogP contribution >= 0.6 is 15.9 Å². The van der Waals surface area contributed by atoms with Gasteiger partial charge >= 0.3 is 0 Å². The number of pyridine rings is 1. The first-order valence-corrected chi connectivity index (χ1v) is 4.49. The number of ether oxygens (including phenoxy) is 1. The maximum absolute atomic E-state index is 11.2. The van der Waals surface area contributed by atoms with Gasteiger partial charge in [-0.2, -0.15) is 0 Å². The first-order valence-electron chi connectivity index (χ1n) is 3.36. The summed E-state index contributed by atoms with van der Waals surface area (Å²) in [4.78, 5) is 15.1. The Labute approximate surface area is 78.9 Å². The van der Waals surface area contributed by atoms with E-state index in [-0.39, 0.29) is 5.78 Å². The fraction of sp³-hybridized carbons (Fsp3) is 0.250. The van der Waals surface area contributed by atoms with E-state index in [1.807, 2.05) is 0 Å². The molecule has 12 heavy (non-hydrogen) atoms. The van der Waals surface area contributed by atoms with Gasteiger partial charge in [-0.1, -0.05) is 15.9 Å². The number of methoxy groups -OCH3 is 1. The number of hydrogen-bond acceptors (Lipinski definition) is 3. The Morgan fingerprint density at radius 2 is 2.50 bits per heavy atom. The van der Waals surface area contributed by atoms with Gasteiger partial charge in [0.1, 0.15) is 5.75 Å². The van der Waals surface area contributed by atoms with Crippen LogP contribution in [-0.4, -0.2) is 23.2 Å². The number of nitrogens with zero attached hydrogens (tertiary/aromatic N) is 1. The Bertz CT molecular complexity index is 288. The van der Waals surface area contributed by atoms with Crippen molar-refractivity contribution in [1.29, 1.82) is 0 Å². The second-order valence-electron chi connectivity index (χ2n) is 2.13. The molecule has 0 unspecified atom stereocenters. The third-order valence-electron chi connectivity index (χ3n) is 1.43.